The first-order valence-corrected chi connectivity index (χ1v) is 10.7. The van der Waals surface area contributed by atoms with Gasteiger partial charge in [0, 0.05) is 11.3 Å². The van der Waals surface area contributed by atoms with Crippen molar-refractivity contribution in [2.45, 2.75) is 57.8 Å². The number of esters is 1. The Kier molecular flexibility index (Phi) is 5.21. The van der Waals surface area contributed by atoms with Crippen LogP contribution in [0.2, 0.25) is 0 Å². The molecule has 1 aromatic heterocycles. The smallest absolute Gasteiger partial charge is 0.306 e. The van der Waals surface area contributed by atoms with Crippen molar-refractivity contribution in [3.05, 3.63) is 16.0 Å². The maximum Gasteiger partial charge on any atom is 0.306 e. The summed E-state index contributed by atoms with van der Waals surface area (Å²) in [6.45, 7) is -0.319. The van der Waals surface area contributed by atoms with Crippen LogP contribution in [-0.2, 0) is 27.2 Å². The predicted octanol–water partition coefficient (Wildman–Crippen LogP) is 3.03. The van der Waals surface area contributed by atoms with Crippen LogP contribution < -0.4 is 11.1 Å². The number of aryl methyl sites for hydroxylation is 1. The Morgan fingerprint density at radius 2 is 1.96 bits per heavy atom. The molecule has 27 heavy (non-hydrogen) atoms. The molecular formula is C20H26N2O4S. The second-order valence-electron chi connectivity index (χ2n) is 8.13. The molecule has 3 atom stereocenters. The highest BCUT2D eigenvalue weighted by atomic mass is 32.1. The third-order valence-corrected chi connectivity index (χ3v) is 7.56. The zero-order valence-corrected chi connectivity index (χ0v) is 16.2. The average molecular weight is 391 g/mol. The van der Waals surface area contributed by atoms with E-state index in [1.54, 1.807) is 0 Å². The maximum atomic E-state index is 12.2. The highest BCUT2D eigenvalue weighted by Gasteiger charge is 2.40. The Labute approximate surface area is 162 Å². The first kappa shape index (κ1) is 18.5. The molecule has 1 aromatic rings. The Bertz CT molecular complexity index is 772. The fourth-order valence-electron chi connectivity index (χ4n) is 5.12. The third-order valence-electron chi connectivity index (χ3n) is 6.35. The lowest BCUT2D eigenvalue weighted by Gasteiger charge is -2.20. The number of rotatable bonds is 6. The standard InChI is InChI=1S/C20H26N2O4S/c21-19(25)18-14-3-1-2-4-15(14)27-20(18)22-16(23)10-26-17(24)9-13-8-11-5-6-12(13)7-11/h11-13H,1-10H2,(H2,21,25)(H,22,23)/t11-,12-,13-/m1/s1. The van der Waals surface area contributed by atoms with E-state index in [-0.39, 0.29) is 12.6 Å². The molecule has 0 saturated heterocycles. The number of carbonyl (C=O) groups is 3. The van der Waals surface area contributed by atoms with E-state index in [1.165, 1.54) is 30.6 Å². The summed E-state index contributed by atoms with van der Waals surface area (Å²) in [4.78, 5) is 37.3. The summed E-state index contributed by atoms with van der Waals surface area (Å²) in [6, 6.07) is 0. The molecule has 146 valence electrons. The summed E-state index contributed by atoms with van der Waals surface area (Å²) in [5.41, 5.74) is 6.93. The quantitative estimate of drug-likeness (QED) is 0.729. The van der Waals surface area contributed by atoms with Gasteiger partial charge in [0.15, 0.2) is 6.61 Å². The van der Waals surface area contributed by atoms with Crippen LogP contribution in [0.25, 0.3) is 0 Å². The highest BCUT2D eigenvalue weighted by molar-refractivity contribution is 7.17. The molecule has 3 aliphatic rings. The summed E-state index contributed by atoms with van der Waals surface area (Å²) < 4.78 is 5.19. The van der Waals surface area contributed by atoms with E-state index in [1.807, 2.05) is 0 Å². The number of hydrogen-bond acceptors (Lipinski definition) is 5. The monoisotopic (exact) mass is 390 g/mol. The van der Waals surface area contributed by atoms with Gasteiger partial charge < -0.3 is 15.8 Å². The van der Waals surface area contributed by atoms with Crippen LogP contribution in [0.1, 0.15) is 65.7 Å². The number of fused-ring (bicyclic) bond motifs is 3. The molecule has 2 saturated carbocycles. The molecule has 0 unspecified atom stereocenters. The van der Waals surface area contributed by atoms with Crippen molar-refractivity contribution in [3.63, 3.8) is 0 Å². The minimum Gasteiger partial charge on any atom is -0.456 e. The maximum absolute atomic E-state index is 12.2. The topological polar surface area (TPSA) is 98.5 Å². The molecule has 7 heteroatoms. The molecule has 3 N–H and O–H groups in total. The normalized spacial score (nSPS) is 25.9. The minimum absolute atomic E-state index is 0.303. The van der Waals surface area contributed by atoms with Crippen molar-refractivity contribution in [2.24, 2.45) is 23.5 Å². The van der Waals surface area contributed by atoms with Crippen molar-refractivity contribution in [1.82, 2.24) is 0 Å². The number of primary amides is 1. The van der Waals surface area contributed by atoms with Gasteiger partial charge in [0.05, 0.1) is 5.56 Å². The van der Waals surface area contributed by atoms with Crippen LogP contribution in [0.4, 0.5) is 5.00 Å². The first-order chi connectivity index (χ1) is 13.0. The molecule has 0 aliphatic heterocycles. The van der Waals surface area contributed by atoms with Crippen molar-refractivity contribution >= 4 is 34.1 Å². The van der Waals surface area contributed by atoms with E-state index in [9.17, 15) is 14.4 Å². The molecule has 2 fully saturated rings. The van der Waals surface area contributed by atoms with Crippen LogP contribution in [0, 0.1) is 17.8 Å². The van der Waals surface area contributed by atoms with Gasteiger partial charge in [-0.1, -0.05) is 6.42 Å². The number of ether oxygens (including phenoxy) is 1. The predicted molar refractivity (Wildman–Crippen MR) is 103 cm³/mol. The summed E-state index contributed by atoms with van der Waals surface area (Å²) >= 11 is 1.41. The SMILES string of the molecule is NC(=O)c1c(NC(=O)COC(=O)C[C@H]2C[C@@H]3CC[C@@H]2C3)sc2c1CCCC2. The zero-order chi connectivity index (χ0) is 19.0. The Morgan fingerprint density at radius 1 is 1.15 bits per heavy atom. The molecule has 0 aromatic carbocycles. The van der Waals surface area contributed by atoms with Crippen molar-refractivity contribution in [2.75, 3.05) is 11.9 Å². The van der Waals surface area contributed by atoms with E-state index in [4.69, 9.17) is 10.5 Å². The van der Waals surface area contributed by atoms with Gasteiger partial charge in [0.25, 0.3) is 11.8 Å². The van der Waals surface area contributed by atoms with Gasteiger partial charge in [-0.25, -0.2) is 0 Å². The molecule has 0 spiro atoms. The number of nitrogens with two attached hydrogens (primary N) is 1. The van der Waals surface area contributed by atoms with Gasteiger partial charge in [-0.05, 0) is 68.3 Å². The fourth-order valence-corrected chi connectivity index (χ4v) is 6.43. The van der Waals surface area contributed by atoms with Crippen LogP contribution in [0.3, 0.4) is 0 Å². The van der Waals surface area contributed by atoms with E-state index >= 15 is 0 Å². The fraction of sp³-hybridized carbons (Fsp3) is 0.650. The summed E-state index contributed by atoms with van der Waals surface area (Å²) in [7, 11) is 0. The number of amides is 2. The van der Waals surface area contributed by atoms with Crippen molar-refractivity contribution in [3.8, 4) is 0 Å². The molecule has 1 heterocycles. The second-order valence-corrected chi connectivity index (χ2v) is 9.23. The molecule has 2 amide bonds. The summed E-state index contributed by atoms with van der Waals surface area (Å²) in [5.74, 6) is 0.628. The largest absolute Gasteiger partial charge is 0.456 e. The molecule has 3 aliphatic carbocycles. The Balaban J connectivity index is 1.31. The second kappa shape index (κ2) is 7.62. The van der Waals surface area contributed by atoms with Gasteiger partial charge in [0.2, 0.25) is 0 Å². The molecule has 4 rings (SSSR count). The third kappa shape index (κ3) is 3.88. The summed E-state index contributed by atoms with van der Waals surface area (Å²) in [5, 5.41) is 3.22. The summed E-state index contributed by atoms with van der Waals surface area (Å²) in [6.07, 6.45) is 9.14. The number of carbonyl (C=O) groups excluding carboxylic acids is 3. The molecule has 0 radical (unpaired) electrons. The van der Waals surface area contributed by atoms with E-state index < -0.39 is 11.8 Å². The average Bonchev–Trinajstić information content (AvgIpc) is 3.33. The van der Waals surface area contributed by atoms with Gasteiger partial charge >= 0.3 is 5.97 Å². The molecule has 6 nitrogen and oxygen atoms in total. The van der Waals surface area contributed by atoms with Crippen LogP contribution in [0.5, 0.6) is 0 Å². The Hall–Kier alpha value is -1.89. The number of thiophene rings is 1. The lowest BCUT2D eigenvalue weighted by Crippen LogP contribution is -2.24. The lowest BCUT2D eigenvalue weighted by molar-refractivity contribution is -0.148. The number of anilines is 1. The number of hydrogen-bond donors (Lipinski definition) is 2. The van der Waals surface area contributed by atoms with E-state index in [0.717, 1.165) is 48.5 Å². The first-order valence-electron chi connectivity index (χ1n) is 9.91. The molecular weight excluding hydrogens is 364 g/mol. The van der Waals surface area contributed by atoms with E-state index in [0.29, 0.717) is 28.8 Å². The Morgan fingerprint density at radius 3 is 2.67 bits per heavy atom. The lowest BCUT2D eigenvalue weighted by atomic mass is 9.86. The van der Waals surface area contributed by atoms with Gasteiger partial charge in [-0.15, -0.1) is 11.3 Å². The van der Waals surface area contributed by atoms with Crippen LogP contribution in [-0.4, -0.2) is 24.4 Å². The zero-order valence-electron chi connectivity index (χ0n) is 15.4. The van der Waals surface area contributed by atoms with Gasteiger partial charge in [-0.2, -0.15) is 0 Å². The van der Waals surface area contributed by atoms with E-state index in [2.05, 4.69) is 5.32 Å². The van der Waals surface area contributed by atoms with Crippen LogP contribution in [0.15, 0.2) is 0 Å². The van der Waals surface area contributed by atoms with Crippen molar-refractivity contribution < 1.29 is 19.1 Å². The number of nitrogens with one attached hydrogen (secondary N) is 1. The highest BCUT2D eigenvalue weighted by Crippen LogP contribution is 2.49. The van der Waals surface area contributed by atoms with Gasteiger partial charge in [-0.3, -0.25) is 14.4 Å². The van der Waals surface area contributed by atoms with Gasteiger partial charge in [0.1, 0.15) is 5.00 Å². The minimum atomic E-state index is -0.516. The van der Waals surface area contributed by atoms with Crippen molar-refractivity contribution in [1.29, 1.82) is 0 Å². The van der Waals surface area contributed by atoms with Crippen LogP contribution >= 0.6 is 11.3 Å². The molecule has 2 bridgehead atoms.